The second-order valence-electron chi connectivity index (χ2n) is 4.73. The van der Waals surface area contributed by atoms with Crippen molar-refractivity contribution in [1.29, 1.82) is 0 Å². The Morgan fingerprint density at radius 1 is 1.10 bits per heavy atom. The Labute approximate surface area is 117 Å². The zero-order valence-corrected chi connectivity index (χ0v) is 11.2. The van der Waals surface area contributed by atoms with E-state index in [2.05, 4.69) is 5.32 Å². The number of hydrogen-bond acceptors (Lipinski definition) is 2. The van der Waals surface area contributed by atoms with Gasteiger partial charge in [0, 0.05) is 11.6 Å². The molecular weight excluding hydrogens is 255 g/mol. The molecule has 2 aromatic carbocycles. The monoisotopic (exact) mass is 272 g/mol. The number of amides is 1. The minimum Gasteiger partial charge on any atom is -0.373 e. The summed E-state index contributed by atoms with van der Waals surface area (Å²) in [5.41, 5.74) is 7.16. The van der Waals surface area contributed by atoms with Crippen LogP contribution in [0.1, 0.15) is 18.4 Å². The first kappa shape index (κ1) is 14.1. The summed E-state index contributed by atoms with van der Waals surface area (Å²) in [5.74, 6) is -0.841. The molecule has 0 aliphatic carbocycles. The summed E-state index contributed by atoms with van der Waals surface area (Å²) in [4.78, 5) is 11.7. The maximum Gasteiger partial charge on any atom is 0.240 e. The Hall–Kier alpha value is -2.36. The Morgan fingerprint density at radius 3 is 2.25 bits per heavy atom. The van der Waals surface area contributed by atoms with E-state index in [9.17, 15) is 9.18 Å². The first-order chi connectivity index (χ1) is 9.58. The molecule has 0 saturated heterocycles. The lowest BCUT2D eigenvalue weighted by atomic mass is 9.92. The van der Waals surface area contributed by atoms with Crippen LogP contribution in [-0.2, 0) is 4.79 Å². The first-order valence-electron chi connectivity index (χ1n) is 6.44. The third-order valence-electron chi connectivity index (χ3n) is 3.30. The fraction of sp³-hybridized carbons (Fsp3) is 0.188. The average Bonchev–Trinajstić information content (AvgIpc) is 2.46. The van der Waals surface area contributed by atoms with Gasteiger partial charge in [0.1, 0.15) is 11.9 Å². The average molecular weight is 272 g/mol. The van der Waals surface area contributed by atoms with E-state index in [0.29, 0.717) is 5.69 Å². The van der Waals surface area contributed by atoms with Gasteiger partial charge in [-0.15, -0.1) is 0 Å². The molecule has 2 rings (SSSR count). The molecule has 104 valence electrons. The van der Waals surface area contributed by atoms with Crippen molar-refractivity contribution < 1.29 is 9.18 Å². The van der Waals surface area contributed by atoms with E-state index < -0.39 is 11.9 Å². The Kier molecular flexibility index (Phi) is 4.35. The molecule has 0 spiro atoms. The summed E-state index contributed by atoms with van der Waals surface area (Å²) < 4.78 is 12.9. The Morgan fingerprint density at radius 2 is 1.70 bits per heavy atom. The molecule has 3 N–H and O–H groups in total. The zero-order valence-electron chi connectivity index (χ0n) is 11.2. The van der Waals surface area contributed by atoms with Crippen LogP contribution >= 0.6 is 0 Å². The predicted molar refractivity (Wildman–Crippen MR) is 77.9 cm³/mol. The van der Waals surface area contributed by atoms with Crippen LogP contribution < -0.4 is 11.1 Å². The van der Waals surface area contributed by atoms with Gasteiger partial charge in [-0.25, -0.2) is 4.39 Å². The van der Waals surface area contributed by atoms with Gasteiger partial charge in [0.05, 0.1) is 0 Å². The molecule has 0 fully saturated rings. The van der Waals surface area contributed by atoms with Gasteiger partial charge in [0.15, 0.2) is 0 Å². The lowest BCUT2D eigenvalue weighted by Crippen LogP contribution is -2.39. The molecule has 20 heavy (non-hydrogen) atoms. The van der Waals surface area contributed by atoms with E-state index in [0.717, 1.165) is 5.56 Å². The minimum atomic E-state index is -0.553. The van der Waals surface area contributed by atoms with Gasteiger partial charge in [0.2, 0.25) is 5.91 Å². The second kappa shape index (κ2) is 6.19. The van der Waals surface area contributed by atoms with E-state index in [1.807, 2.05) is 37.3 Å². The second-order valence-corrected chi connectivity index (χ2v) is 4.73. The van der Waals surface area contributed by atoms with Gasteiger partial charge in [-0.05, 0) is 29.8 Å². The fourth-order valence-electron chi connectivity index (χ4n) is 2.12. The molecule has 2 unspecified atom stereocenters. The summed E-state index contributed by atoms with van der Waals surface area (Å²) in [6.07, 6.45) is 0. The number of anilines is 1. The minimum absolute atomic E-state index is 0.0845. The molecule has 0 radical (unpaired) electrons. The van der Waals surface area contributed by atoms with E-state index >= 15 is 0 Å². The van der Waals surface area contributed by atoms with E-state index in [1.54, 1.807) is 12.1 Å². The molecule has 0 saturated carbocycles. The number of hydrogen-bond donors (Lipinski definition) is 2. The lowest BCUT2D eigenvalue weighted by molar-refractivity contribution is -0.119. The Bertz CT molecular complexity index is 569. The highest BCUT2D eigenvalue weighted by Crippen LogP contribution is 2.22. The van der Waals surface area contributed by atoms with Gasteiger partial charge in [0.25, 0.3) is 0 Å². The van der Waals surface area contributed by atoms with Crippen molar-refractivity contribution in [2.75, 3.05) is 5.32 Å². The largest absolute Gasteiger partial charge is 0.373 e. The molecule has 0 bridgehead atoms. The van der Waals surface area contributed by atoms with Crippen LogP contribution in [0.15, 0.2) is 54.6 Å². The number of halogens is 1. The maximum absolute atomic E-state index is 12.9. The highest BCUT2D eigenvalue weighted by Gasteiger charge is 2.23. The number of primary amides is 1. The van der Waals surface area contributed by atoms with Crippen LogP contribution in [0.4, 0.5) is 10.1 Å². The smallest absolute Gasteiger partial charge is 0.240 e. The van der Waals surface area contributed by atoms with Crippen LogP contribution in [-0.4, -0.2) is 11.9 Å². The topological polar surface area (TPSA) is 55.1 Å². The summed E-state index contributed by atoms with van der Waals surface area (Å²) in [6, 6.07) is 15.0. The third-order valence-corrected chi connectivity index (χ3v) is 3.30. The summed E-state index contributed by atoms with van der Waals surface area (Å²) in [7, 11) is 0. The molecule has 0 aliphatic heterocycles. The molecule has 0 heterocycles. The summed E-state index contributed by atoms with van der Waals surface area (Å²) >= 11 is 0. The summed E-state index contributed by atoms with van der Waals surface area (Å²) in [5, 5.41) is 3.06. The SMILES string of the molecule is CC(c1ccccc1)C(Nc1ccc(F)cc1)C(N)=O. The van der Waals surface area contributed by atoms with Gasteiger partial charge >= 0.3 is 0 Å². The molecule has 1 amide bonds. The van der Waals surface area contributed by atoms with Crippen molar-refractivity contribution in [3.8, 4) is 0 Å². The van der Waals surface area contributed by atoms with E-state index in [-0.39, 0.29) is 11.7 Å². The molecule has 0 aromatic heterocycles. The molecule has 2 aromatic rings. The molecule has 4 heteroatoms. The van der Waals surface area contributed by atoms with Crippen LogP contribution in [0, 0.1) is 5.82 Å². The molecular formula is C16H17FN2O. The van der Waals surface area contributed by atoms with Gasteiger partial charge in [-0.3, -0.25) is 4.79 Å². The van der Waals surface area contributed by atoms with Gasteiger partial charge < -0.3 is 11.1 Å². The molecule has 3 nitrogen and oxygen atoms in total. The number of benzene rings is 2. The molecule has 2 atom stereocenters. The van der Waals surface area contributed by atoms with Crippen molar-refractivity contribution in [3.63, 3.8) is 0 Å². The van der Waals surface area contributed by atoms with Gasteiger partial charge in [-0.2, -0.15) is 0 Å². The van der Waals surface area contributed by atoms with Crippen molar-refractivity contribution in [2.45, 2.75) is 18.9 Å². The maximum atomic E-state index is 12.9. The molecule has 0 aliphatic rings. The number of nitrogens with one attached hydrogen (secondary N) is 1. The van der Waals surface area contributed by atoms with Crippen LogP contribution in [0.3, 0.4) is 0 Å². The quantitative estimate of drug-likeness (QED) is 0.879. The van der Waals surface area contributed by atoms with Crippen LogP contribution in [0.25, 0.3) is 0 Å². The van der Waals surface area contributed by atoms with Crippen molar-refractivity contribution >= 4 is 11.6 Å². The number of nitrogens with two attached hydrogens (primary N) is 1. The highest BCUT2D eigenvalue weighted by molar-refractivity contribution is 5.84. The standard InChI is InChI=1S/C16H17FN2O/c1-11(12-5-3-2-4-6-12)15(16(18)20)19-14-9-7-13(17)8-10-14/h2-11,15,19H,1H3,(H2,18,20). The van der Waals surface area contributed by atoms with Crippen molar-refractivity contribution in [1.82, 2.24) is 0 Å². The predicted octanol–water partition coefficient (Wildman–Crippen LogP) is 2.90. The normalized spacial score (nSPS) is 13.5. The van der Waals surface area contributed by atoms with Crippen molar-refractivity contribution in [2.24, 2.45) is 5.73 Å². The number of carbonyl (C=O) groups is 1. The van der Waals surface area contributed by atoms with Crippen LogP contribution in [0.5, 0.6) is 0 Å². The summed E-state index contributed by atoms with van der Waals surface area (Å²) in [6.45, 7) is 1.93. The lowest BCUT2D eigenvalue weighted by Gasteiger charge is -2.23. The highest BCUT2D eigenvalue weighted by atomic mass is 19.1. The van der Waals surface area contributed by atoms with Gasteiger partial charge in [-0.1, -0.05) is 37.3 Å². The Balaban J connectivity index is 2.19. The number of rotatable bonds is 5. The van der Waals surface area contributed by atoms with Crippen molar-refractivity contribution in [3.05, 3.63) is 66.0 Å². The third kappa shape index (κ3) is 3.35. The first-order valence-corrected chi connectivity index (χ1v) is 6.44. The zero-order chi connectivity index (χ0) is 14.5. The van der Waals surface area contributed by atoms with Crippen LogP contribution in [0.2, 0.25) is 0 Å². The van der Waals surface area contributed by atoms with E-state index in [1.165, 1.54) is 12.1 Å². The fourth-order valence-corrected chi connectivity index (χ4v) is 2.12. The van der Waals surface area contributed by atoms with E-state index in [4.69, 9.17) is 5.73 Å². The number of carbonyl (C=O) groups excluding carboxylic acids is 1.